The molecule has 6 rings (SSSR count). The van der Waals surface area contributed by atoms with Crippen LogP contribution in [0.25, 0.3) is 10.2 Å². The minimum Gasteiger partial charge on any atom is -0.457 e. The number of rotatable bonds is 7. The summed E-state index contributed by atoms with van der Waals surface area (Å²) in [6.07, 6.45) is 4.58. The molecule has 0 spiro atoms. The van der Waals surface area contributed by atoms with Gasteiger partial charge in [-0.25, -0.2) is 9.78 Å². The van der Waals surface area contributed by atoms with E-state index < -0.39 is 0 Å². The SMILES string of the molecule is CCC(=O)N[C@@H]1CCC[C@H]1NC(=O)c1sc2nccc3c2c1NC(=O)N3c1ccc(Oc2ccccc2)cc1C. The van der Waals surface area contributed by atoms with E-state index in [1.54, 1.807) is 17.2 Å². The average Bonchev–Trinajstić information content (AvgIpc) is 3.55. The minimum absolute atomic E-state index is 0.0285. The summed E-state index contributed by atoms with van der Waals surface area (Å²) in [5.41, 5.74) is 2.68. The Bertz CT molecular complexity index is 1620. The molecule has 2 atom stereocenters. The van der Waals surface area contributed by atoms with E-state index in [4.69, 9.17) is 4.74 Å². The standard InChI is InChI=1S/C30H29N5O4S/c1-3-24(36)32-20-10-7-11-21(20)33-28(37)27-26-25-23(14-15-31-29(25)40-27)35(30(38)34-26)22-13-12-19(16-17(22)2)39-18-8-5-4-6-9-18/h4-6,8-9,12-16,20-21H,3,7,10-11H2,1-2H3,(H,32,36)(H,33,37)(H,34,38)/t20-,21-/m1/s1. The molecular weight excluding hydrogens is 526 g/mol. The number of nitrogens with zero attached hydrogens (tertiary/aromatic N) is 2. The highest BCUT2D eigenvalue weighted by molar-refractivity contribution is 7.21. The molecule has 10 heteroatoms. The molecule has 0 saturated heterocycles. The molecule has 2 aliphatic rings. The van der Waals surface area contributed by atoms with Crippen molar-refractivity contribution in [3.8, 4) is 11.5 Å². The Morgan fingerprint density at radius 2 is 1.82 bits per heavy atom. The molecule has 1 saturated carbocycles. The van der Waals surface area contributed by atoms with Gasteiger partial charge in [0.05, 0.1) is 22.4 Å². The number of anilines is 3. The quantitative estimate of drug-likeness (QED) is 0.249. The molecule has 40 heavy (non-hydrogen) atoms. The van der Waals surface area contributed by atoms with Crippen LogP contribution in [0.4, 0.5) is 21.9 Å². The summed E-state index contributed by atoms with van der Waals surface area (Å²) < 4.78 is 5.97. The highest BCUT2D eigenvalue weighted by Crippen LogP contribution is 2.46. The van der Waals surface area contributed by atoms with Gasteiger partial charge in [-0.3, -0.25) is 14.5 Å². The molecule has 4 amide bonds. The fourth-order valence-electron chi connectivity index (χ4n) is 5.40. The number of pyridine rings is 1. The molecule has 1 fully saturated rings. The number of nitrogens with one attached hydrogen (secondary N) is 3. The van der Waals surface area contributed by atoms with Crippen molar-refractivity contribution in [2.45, 2.75) is 51.6 Å². The number of benzene rings is 2. The monoisotopic (exact) mass is 555 g/mol. The summed E-state index contributed by atoms with van der Waals surface area (Å²) in [7, 11) is 0. The van der Waals surface area contributed by atoms with Gasteiger partial charge in [-0.1, -0.05) is 25.1 Å². The molecule has 3 N–H and O–H groups in total. The highest BCUT2D eigenvalue weighted by Gasteiger charge is 2.35. The fraction of sp³-hybridized carbons (Fsp3) is 0.267. The summed E-state index contributed by atoms with van der Waals surface area (Å²) in [5, 5.41) is 9.80. The molecule has 2 aromatic heterocycles. The maximum atomic E-state index is 13.5. The average molecular weight is 556 g/mol. The first-order chi connectivity index (χ1) is 19.4. The second-order valence-electron chi connectivity index (χ2n) is 9.98. The van der Waals surface area contributed by atoms with E-state index in [-0.39, 0.29) is 29.9 Å². The summed E-state index contributed by atoms with van der Waals surface area (Å²) in [6, 6.07) is 16.3. The molecule has 204 valence electrons. The van der Waals surface area contributed by atoms with E-state index in [2.05, 4.69) is 20.9 Å². The third-order valence-corrected chi connectivity index (χ3v) is 8.44. The summed E-state index contributed by atoms with van der Waals surface area (Å²) in [5.74, 6) is 1.09. The molecule has 3 heterocycles. The van der Waals surface area contributed by atoms with Crippen LogP contribution in [0.1, 0.15) is 47.8 Å². The predicted octanol–water partition coefficient (Wildman–Crippen LogP) is 6.26. The normalized spacial score (nSPS) is 17.9. The fourth-order valence-corrected chi connectivity index (χ4v) is 6.42. The van der Waals surface area contributed by atoms with Crippen LogP contribution in [-0.4, -0.2) is 34.9 Å². The van der Waals surface area contributed by atoms with Gasteiger partial charge < -0.3 is 20.7 Å². The van der Waals surface area contributed by atoms with Gasteiger partial charge in [-0.15, -0.1) is 11.3 Å². The number of urea groups is 1. The van der Waals surface area contributed by atoms with Crippen LogP contribution in [-0.2, 0) is 4.79 Å². The molecular formula is C30H29N5O4S. The second-order valence-corrected chi connectivity index (χ2v) is 11.0. The van der Waals surface area contributed by atoms with Crippen molar-refractivity contribution in [3.63, 3.8) is 0 Å². The van der Waals surface area contributed by atoms with Gasteiger partial charge in [-0.2, -0.15) is 0 Å². The molecule has 1 aliphatic carbocycles. The van der Waals surface area contributed by atoms with Gasteiger partial charge in [0.1, 0.15) is 21.2 Å². The molecule has 1 aliphatic heterocycles. The first-order valence-corrected chi connectivity index (χ1v) is 14.2. The van der Waals surface area contributed by atoms with E-state index in [1.165, 1.54) is 11.3 Å². The maximum absolute atomic E-state index is 13.5. The van der Waals surface area contributed by atoms with Crippen LogP contribution in [0.2, 0.25) is 0 Å². The van der Waals surface area contributed by atoms with Crippen molar-refractivity contribution in [3.05, 3.63) is 71.2 Å². The predicted molar refractivity (Wildman–Crippen MR) is 156 cm³/mol. The minimum atomic E-state index is -0.360. The van der Waals surface area contributed by atoms with Gasteiger partial charge in [0, 0.05) is 24.7 Å². The van der Waals surface area contributed by atoms with E-state index in [9.17, 15) is 14.4 Å². The number of ether oxygens (including phenoxy) is 1. The zero-order valence-electron chi connectivity index (χ0n) is 22.2. The maximum Gasteiger partial charge on any atom is 0.331 e. The highest BCUT2D eigenvalue weighted by atomic mass is 32.1. The van der Waals surface area contributed by atoms with Gasteiger partial charge in [0.25, 0.3) is 5.91 Å². The molecule has 2 aromatic carbocycles. The topological polar surface area (TPSA) is 113 Å². The largest absolute Gasteiger partial charge is 0.457 e. The number of carbonyl (C=O) groups excluding carboxylic acids is 3. The third kappa shape index (κ3) is 4.75. The number of carbonyl (C=O) groups is 3. The smallest absolute Gasteiger partial charge is 0.331 e. The number of para-hydroxylation sites is 1. The van der Waals surface area contributed by atoms with Crippen molar-refractivity contribution in [2.24, 2.45) is 0 Å². The van der Waals surface area contributed by atoms with Gasteiger partial charge in [-0.05, 0) is 68.1 Å². The van der Waals surface area contributed by atoms with Crippen molar-refractivity contribution < 1.29 is 19.1 Å². The van der Waals surface area contributed by atoms with Gasteiger partial charge in [0.15, 0.2) is 0 Å². The zero-order valence-corrected chi connectivity index (χ0v) is 23.0. The number of hydrogen-bond acceptors (Lipinski definition) is 6. The zero-order chi connectivity index (χ0) is 27.8. The van der Waals surface area contributed by atoms with Crippen LogP contribution < -0.4 is 25.6 Å². The van der Waals surface area contributed by atoms with E-state index in [1.807, 2.05) is 62.4 Å². The van der Waals surface area contributed by atoms with Crippen LogP contribution in [0.3, 0.4) is 0 Å². The van der Waals surface area contributed by atoms with Crippen molar-refractivity contribution >= 4 is 56.5 Å². The van der Waals surface area contributed by atoms with Crippen molar-refractivity contribution in [2.75, 3.05) is 10.2 Å². The molecule has 0 bridgehead atoms. The van der Waals surface area contributed by atoms with Crippen molar-refractivity contribution in [1.82, 2.24) is 15.6 Å². The van der Waals surface area contributed by atoms with Crippen LogP contribution in [0.5, 0.6) is 11.5 Å². The Balaban J connectivity index is 1.30. The Hall–Kier alpha value is -4.44. The summed E-state index contributed by atoms with van der Waals surface area (Å²) in [4.78, 5) is 46.1. The Kier molecular flexibility index (Phi) is 6.85. The van der Waals surface area contributed by atoms with E-state index in [0.717, 1.165) is 36.0 Å². The summed E-state index contributed by atoms with van der Waals surface area (Å²) >= 11 is 1.25. The van der Waals surface area contributed by atoms with Crippen molar-refractivity contribution in [1.29, 1.82) is 0 Å². The Morgan fingerprint density at radius 3 is 2.58 bits per heavy atom. The van der Waals surface area contributed by atoms with E-state index in [0.29, 0.717) is 38.9 Å². The van der Waals surface area contributed by atoms with Gasteiger partial charge in [0.2, 0.25) is 5.91 Å². The lowest BCUT2D eigenvalue weighted by Gasteiger charge is -2.29. The third-order valence-electron chi connectivity index (χ3n) is 7.34. The molecule has 9 nitrogen and oxygen atoms in total. The van der Waals surface area contributed by atoms with Crippen LogP contribution >= 0.6 is 11.3 Å². The lowest BCUT2D eigenvalue weighted by molar-refractivity contribution is -0.121. The first kappa shape index (κ1) is 25.8. The number of thiophene rings is 1. The summed E-state index contributed by atoms with van der Waals surface area (Å²) in [6.45, 7) is 3.74. The number of aryl methyl sites for hydroxylation is 1. The molecule has 4 aromatic rings. The lowest BCUT2D eigenvalue weighted by Crippen LogP contribution is -2.48. The van der Waals surface area contributed by atoms with E-state index >= 15 is 0 Å². The number of amides is 4. The van der Waals surface area contributed by atoms with Crippen LogP contribution in [0.15, 0.2) is 60.8 Å². The second kappa shape index (κ2) is 10.6. The lowest BCUT2D eigenvalue weighted by atomic mass is 10.1. The molecule has 0 radical (unpaired) electrons. The number of aromatic nitrogens is 1. The van der Waals surface area contributed by atoms with Gasteiger partial charge >= 0.3 is 6.03 Å². The molecule has 0 unspecified atom stereocenters. The Morgan fingerprint density at radius 1 is 1.05 bits per heavy atom. The Labute approximate surface area is 235 Å². The first-order valence-electron chi connectivity index (χ1n) is 13.4. The number of hydrogen-bond donors (Lipinski definition) is 3. The van der Waals surface area contributed by atoms with Crippen LogP contribution in [0, 0.1) is 6.92 Å².